The third-order valence-corrected chi connectivity index (χ3v) is 7.19. The van der Waals surface area contributed by atoms with Gasteiger partial charge in [0.2, 0.25) is 0 Å². The minimum absolute atomic E-state index is 0.136. The summed E-state index contributed by atoms with van der Waals surface area (Å²) in [6, 6.07) is 20.2. The molecule has 0 atom stereocenters. The average Bonchev–Trinajstić information content (AvgIpc) is 2.77. The van der Waals surface area contributed by atoms with Crippen LogP contribution in [0.4, 0.5) is 5.69 Å². The highest BCUT2D eigenvalue weighted by molar-refractivity contribution is 7.86. The van der Waals surface area contributed by atoms with Gasteiger partial charge in [-0.25, -0.2) is 0 Å². The van der Waals surface area contributed by atoms with E-state index in [4.69, 9.17) is 5.73 Å². The van der Waals surface area contributed by atoms with Crippen LogP contribution in [0.25, 0.3) is 0 Å². The number of hydrogen-bond donors (Lipinski definition) is 2. The van der Waals surface area contributed by atoms with Gasteiger partial charge in [0.05, 0.1) is 5.41 Å². The van der Waals surface area contributed by atoms with Crippen molar-refractivity contribution in [2.45, 2.75) is 56.8 Å². The van der Waals surface area contributed by atoms with E-state index in [-0.39, 0.29) is 39.3 Å². The molecule has 5 nitrogen and oxygen atoms in total. The molecule has 0 saturated heterocycles. The van der Waals surface area contributed by atoms with E-state index in [0.29, 0.717) is 5.56 Å². The van der Waals surface area contributed by atoms with Gasteiger partial charge >= 0.3 is 0 Å². The smallest absolute Gasteiger partial charge is 0.295 e. The summed E-state index contributed by atoms with van der Waals surface area (Å²) in [5, 5.41) is 0. The van der Waals surface area contributed by atoms with Crippen LogP contribution < -0.4 is 5.73 Å². The average molecular weight is 466 g/mol. The SMILES string of the molecule is CC(C)c1cc(N)c(C(=O)C(C)(c2ccccc2)c2ccccc2)c(C(C)C)c1S(=O)(=O)O. The molecule has 0 radical (unpaired) electrons. The van der Waals surface area contributed by atoms with Crippen molar-refractivity contribution in [1.82, 2.24) is 0 Å². The van der Waals surface area contributed by atoms with Crippen molar-refractivity contribution in [3.8, 4) is 0 Å². The van der Waals surface area contributed by atoms with Crippen molar-refractivity contribution in [3.63, 3.8) is 0 Å². The van der Waals surface area contributed by atoms with Crippen LogP contribution in [0.15, 0.2) is 71.6 Å². The highest BCUT2D eigenvalue weighted by Crippen LogP contribution is 2.43. The van der Waals surface area contributed by atoms with Crippen LogP contribution in [-0.4, -0.2) is 18.8 Å². The van der Waals surface area contributed by atoms with E-state index in [0.717, 1.165) is 11.1 Å². The molecule has 0 aliphatic heterocycles. The molecule has 0 aliphatic carbocycles. The molecular weight excluding hydrogens is 434 g/mol. The van der Waals surface area contributed by atoms with Gasteiger partial charge in [0, 0.05) is 11.3 Å². The quantitative estimate of drug-likeness (QED) is 0.255. The second kappa shape index (κ2) is 9.12. The molecule has 0 saturated carbocycles. The molecule has 3 aromatic carbocycles. The Hall–Kier alpha value is -2.96. The first-order valence-corrected chi connectivity index (χ1v) is 12.4. The van der Waals surface area contributed by atoms with Crippen LogP contribution in [0, 0.1) is 0 Å². The van der Waals surface area contributed by atoms with Gasteiger partial charge in [0.15, 0.2) is 5.78 Å². The molecule has 0 fully saturated rings. The summed E-state index contributed by atoms with van der Waals surface area (Å²) in [5.74, 6) is -0.917. The van der Waals surface area contributed by atoms with Crippen LogP contribution in [0.5, 0.6) is 0 Å². The van der Waals surface area contributed by atoms with E-state index in [1.807, 2.05) is 81.4 Å². The minimum atomic E-state index is -4.61. The van der Waals surface area contributed by atoms with Crippen LogP contribution in [0.2, 0.25) is 0 Å². The second-order valence-corrected chi connectivity index (χ2v) is 10.5. The van der Waals surface area contributed by atoms with Crippen molar-refractivity contribution >= 4 is 21.6 Å². The molecule has 0 aliphatic rings. The first-order chi connectivity index (χ1) is 15.4. The lowest BCUT2D eigenvalue weighted by atomic mass is 9.69. The van der Waals surface area contributed by atoms with Gasteiger partial charge in [0.1, 0.15) is 4.90 Å². The second-order valence-electron chi connectivity index (χ2n) is 9.14. The predicted octanol–water partition coefficient (Wildman–Crippen LogP) is 5.95. The first-order valence-electron chi connectivity index (χ1n) is 11.0. The first kappa shape index (κ1) is 24.7. The Kier molecular flexibility index (Phi) is 6.82. The third kappa shape index (κ3) is 4.45. The Bertz CT molecular complexity index is 1220. The molecule has 0 bridgehead atoms. The number of nitrogen functional groups attached to an aromatic ring is 1. The molecule has 0 spiro atoms. The summed E-state index contributed by atoms with van der Waals surface area (Å²) in [4.78, 5) is 14.2. The number of ketones is 1. The summed E-state index contributed by atoms with van der Waals surface area (Å²) in [6.07, 6.45) is 0. The Morgan fingerprint density at radius 2 is 1.33 bits per heavy atom. The molecule has 3 rings (SSSR count). The molecular formula is C27H31NO4S. The Balaban J connectivity index is 2.45. The van der Waals surface area contributed by atoms with Crippen molar-refractivity contribution in [3.05, 3.63) is 94.5 Å². The summed E-state index contributed by atoms with van der Waals surface area (Å²) in [5.41, 5.74) is 7.86. The van der Waals surface area contributed by atoms with Gasteiger partial charge in [-0.2, -0.15) is 8.42 Å². The summed E-state index contributed by atoms with van der Waals surface area (Å²) in [7, 11) is -4.61. The van der Waals surface area contributed by atoms with Crippen molar-refractivity contribution in [2.24, 2.45) is 0 Å². The van der Waals surface area contributed by atoms with E-state index in [1.165, 1.54) is 6.07 Å². The van der Waals surface area contributed by atoms with Crippen LogP contribution in [0.3, 0.4) is 0 Å². The number of nitrogens with two attached hydrogens (primary N) is 1. The maximum absolute atomic E-state index is 14.4. The molecule has 33 heavy (non-hydrogen) atoms. The van der Waals surface area contributed by atoms with Gasteiger partial charge in [-0.1, -0.05) is 88.4 Å². The number of anilines is 1. The van der Waals surface area contributed by atoms with Crippen LogP contribution in [-0.2, 0) is 15.5 Å². The van der Waals surface area contributed by atoms with Gasteiger partial charge in [-0.3, -0.25) is 9.35 Å². The van der Waals surface area contributed by atoms with E-state index in [1.54, 1.807) is 13.8 Å². The number of Topliss-reactive ketones (excluding diaryl/α,β-unsaturated/α-hetero) is 1. The van der Waals surface area contributed by atoms with Gasteiger partial charge in [-0.15, -0.1) is 0 Å². The molecule has 0 aromatic heterocycles. The van der Waals surface area contributed by atoms with Gasteiger partial charge in [-0.05, 0) is 47.1 Å². The van der Waals surface area contributed by atoms with E-state index in [9.17, 15) is 17.8 Å². The van der Waals surface area contributed by atoms with Crippen molar-refractivity contribution in [2.75, 3.05) is 5.73 Å². The van der Waals surface area contributed by atoms with Gasteiger partial charge in [0.25, 0.3) is 10.1 Å². The normalized spacial score (nSPS) is 12.4. The zero-order valence-corrected chi connectivity index (χ0v) is 20.5. The Morgan fingerprint density at radius 1 is 0.879 bits per heavy atom. The predicted molar refractivity (Wildman–Crippen MR) is 133 cm³/mol. The molecule has 174 valence electrons. The summed E-state index contributed by atoms with van der Waals surface area (Å²) < 4.78 is 35.3. The zero-order chi connectivity index (χ0) is 24.6. The fourth-order valence-corrected chi connectivity index (χ4v) is 5.68. The van der Waals surface area contributed by atoms with E-state index >= 15 is 0 Å². The maximum atomic E-state index is 14.4. The molecule has 0 amide bonds. The summed E-state index contributed by atoms with van der Waals surface area (Å²) in [6.45, 7) is 9.08. The standard InChI is InChI=1S/C27H31NO4S/c1-17(2)21-16-22(28)24(23(18(3)4)25(21)33(30,31)32)26(29)27(5,19-12-8-6-9-13-19)20-14-10-7-11-15-20/h6-18H,28H2,1-5H3,(H,30,31,32). The monoisotopic (exact) mass is 465 g/mol. The molecule has 0 unspecified atom stereocenters. The summed E-state index contributed by atoms with van der Waals surface area (Å²) >= 11 is 0. The van der Waals surface area contributed by atoms with Crippen LogP contribution >= 0.6 is 0 Å². The zero-order valence-electron chi connectivity index (χ0n) is 19.7. The van der Waals surface area contributed by atoms with E-state index < -0.39 is 15.5 Å². The van der Waals surface area contributed by atoms with Crippen molar-refractivity contribution in [1.29, 1.82) is 0 Å². The maximum Gasteiger partial charge on any atom is 0.295 e. The fourth-order valence-electron chi connectivity index (χ4n) is 4.47. The van der Waals surface area contributed by atoms with E-state index in [2.05, 4.69) is 0 Å². The lowest BCUT2D eigenvalue weighted by Crippen LogP contribution is -2.36. The highest BCUT2D eigenvalue weighted by Gasteiger charge is 2.41. The number of rotatable bonds is 7. The highest BCUT2D eigenvalue weighted by atomic mass is 32.2. The van der Waals surface area contributed by atoms with Gasteiger partial charge < -0.3 is 5.73 Å². The number of carbonyl (C=O) groups excluding carboxylic acids is 1. The number of benzene rings is 3. The molecule has 6 heteroatoms. The Morgan fingerprint density at radius 3 is 1.70 bits per heavy atom. The largest absolute Gasteiger partial charge is 0.398 e. The van der Waals surface area contributed by atoms with Crippen LogP contribution in [0.1, 0.15) is 79.1 Å². The molecule has 3 aromatic rings. The topological polar surface area (TPSA) is 97.5 Å². The molecule has 0 heterocycles. The minimum Gasteiger partial charge on any atom is -0.398 e. The number of hydrogen-bond acceptors (Lipinski definition) is 4. The number of carbonyl (C=O) groups is 1. The third-order valence-electron chi connectivity index (χ3n) is 6.22. The Labute approximate surface area is 196 Å². The lowest BCUT2D eigenvalue weighted by Gasteiger charge is -2.32. The molecule has 3 N–H and O–H groups in total. The van der Waals surface area contributed by atoms with Crippen molar-refractivity contribution < 1.29 is 17.8 Å². The lowest BCUT2D eigenvalue weighted by molar-refractivity contribution is 0.0922. The fraction of sp³-hybridized carbons (Fsp3) is 0.296.